The molecule has 26 heavy (non-hydrogen) atoms. The van der Waals surface area contributed by atoms with Gasteiger partial charge in [0.15, 0.2) is 0 Å². The third-order valence-corrected chi connectivity index (χ3v) is 5.82. The molecule has 0 bridgehead atoms. The fraction of sp³-hybridized carbons (Fsp3) is 0.118. The molecule has 9 heteroatoms. The molecule has 6 nitrogen and oxygen atoms in total. The maximum atomic E-state index is 12.9. The molecule has 0 aliphatic heterocycles. The van der Waals surface area contributed by atoms with Crippen molar-refractivity contribution in [3.05, 3.63) is 64.0 Å². The van der Waals surface area contributed by atoms with Crippen molar-refractivity contribution in [2.75, 3.05) is 6.26 Å². The molecule has 1 heterocycles. The number of halogens is 2. The minimum atomic E-state index is -3.05. The Bertz CT molecular complexity index is 1100. The molecule has 1 amide bonds. The lowest BCUT2D eigenvalue weighted by atomic mass is 10.1. The topological polar surface area (TPSA) is 85.4 Å². The zero-order chi connectivity index (χ0) is 18.9. The minimum Gasteiger partial charge on any atom is -0.339 e. The summed E-state index contributed by atoms with van der Waals surface area (Å²) in [6.45, 7) is 1.69. The van der Waals surface area contributed by atoms with Gasteiger partial charge in [0.25, 0.3) is 5.91 Å². The van der Waals surface area contributed by atoms with E-state index in [-0.39, 0.29) is 15.5 Å². The fourth-order valence-corrected chi connectivity index (χ4v) is 4.29. The summed E-state index contributed by atoms with van der Waals surface area (Å²) < 4.78 is 21.7. The van der Waals surface area contributed by atoms with Gasteiger partial charge in [-0.25, -0.2) is 4.21 Å². The zero-order valence-electron chi connectivity index (χ0n) is 13.8. The molecule has 1 aromatic heterocycles. The first-order valence-electron chi connectivity index (χ1n) is 7.38. The lowest BCUT2D eigenvalue weighted by Crippen LogP contribution is -2.04. The summed E-state index contributed by atoms with van der Waals surface area (Å²) in [5.41, 5.74) is 0.968. The van der Waals surface area contributed by atoms with Crippen LogP contribution in [-0.4, -0.2) is 26.5 Å². The van der Waals surface area contributed by atoms with Gasteiger partial charge >= 0.3 is 0 Å². The van der Waals surface area contributed by atoms with Crippen molar-refractivity contribution < 1.29 is 13.5 Å². The predicted molar refractivity (Wildman–Crippen MR) is 100 cm³/mol. The highest BCUT2D eigenvalue weighted by Gasteiger charge is 2.15. The standard InChI is InChI=1S/C17H13Cl2N3O3S/c1-10-20-16(21-25-10)11-3-5-12(6-4-11)17(23)22-26(2,24)15-9-13(18)7-8-14(15)19/h3-9H,1-2H3. The SMILES string of the molecule is Cc1nc(-c2ccc(C(=O)N=S(C)(=O)c3cc(Cl)ccc3Cl)cc2)no1. The minimum absolute atomic E-state index is 0.221. The van der Waals surface area contributed by atoms with Crippen LogP contribution >= 0.6 is 23.2 Å². The zero-order valence-corrected chi connectivity index (χ0v) is 16.1. The van der Waals surface area contributed by atoms with E-state index < -0.39 is 15.6 Å². The summed E-state index contributed by atoms with van der Waals surface area (Å²) in [4.78, 5) is 16.7. The molecule has 0 radical (unpaired) electrons. The number of nitrogens with zero attached hydrogens (tertiary/aromatic N) is 3. The fourth-order valence-electron chi connectivity index (χ4n) is 2.21. The second-order valence-corrected chi connectivity index (χ2v) is 8.56. The number of hydrogen-bond acceptors (Lipinski definition) is 5. The van der Waals surface area contributed by atoms with Crippen molar-refractivity contribution in [3.63, 3.8) is 0 Å². The molecule has 0 fully saturated rings. The molecule has 0 saturated carbocycles. The summed E-state index contributed by atoms with van der Waals surface area (Å²) in [5.74, 6) is 0.243. The van der Waals surface area contributed by atoms with Crippen LogP contribution in [0.15, 0.2) is 56.2 Å². The molecule has 0 spiro atoms. The van der Waals surface area contributed by atoms with Crippen LogP contribution in [0.5, 0.6) is 0 Å². The van der Waals surface area contributed by atoms with Crippen molar-refractivity contribution in [2.24, 2.45) is 4.36 Å². The number of rotatable bonds is 3. The van der Waals surface area contributed by atoms with Crippen molar-refractivity contribution in [1.29, 1.82) is 0 Å². The van der Waals surface area contributed by atoms with E-state index in [1.807, 2.05) is 0 Å². The second kappa shape index (κ2) is 7.19. The highest BCUT2D eigenvalue weighted by Crippen LogP contribution is 2.26. The number of benzene rings is 2. The van der Waals surface area contributed by atoms with E-state index in [9.17, 15) is 9.00 Å². The van der Waals surface area contributed by atoms with Crippen LogP contribution in [0.2, 0.25) is 10.0 Å². The Morgan fingerprint density at radius 2 is 1.85 bits per heavy atom. The number of carbonyl (C=O) groups excluding carboxylic acids is 1. The van der Waals surface area contributed by atoms with Crippen LogP contribution in [0.25, 0.3) is 11.4 Å². The number of hydrogen-bond donors (Lipinski definition) is 0. The van der Waals surface area contributed by atoms with Crippen LogP contribution in [0.4, 0.5) is 0 Å². The number of carbonyl (C=O) groups is 1. The van der Waals surface area contributed by atoms with Gasteiger partial charge in [0.2, 0.25) is 11.7 Å². The Balaban J connectivity index is 1.92. The molecule has 0 aliphatic rings. The maximum Gasteiger partial charge on any atom is 0.285 e. The molecule has 3 aromatic rings. The Hall–Kier alpha value is -2.22. The van der Waals surface area contributed by atoms with Crippen molar-refractivity contribution in [1.82, 2.24) is 10.1 Å². The summed E-state index contributed by atoms with van der Waals surface area (Å²) in [6.07, 6.45) is 1.35. The highest BCUT2D eigenvalue weighted by atomic mass is 35.5. The average Bonchev–Trinajstić information content (AvgIpc) is 3.03. The van der Waals surface area contributed by atoms with E-state index in [1.165, 1.54) is 18.4 Å². The van der Waals surface area contributed by atoms with Gasteiger partial charge in [0, 0.05) is 29.3 Å². The molecule has 3 rings (SSSR count). The third kappa shape index (κ3) is 3.95. The number of amides is 1. The first-order chi connectivity index (χ1) is 12.3. The van der Waals surface area contributed by atoms with E-state index in [0.717, 1.165) is 0 Å². The normalized spacial score (nSPS) is 13.2. The van der Waals surface area contributed by atoms with Gasteiger partial charge in [-0.15, -0.1) is 0 Å². The Morgan fingerprint density at radius 3 is 2.46 bits per heavy atom. The first-order valence-corrected chi connectivity index (χ1v) is 10.1. The van der Waals surface area contributed by atoms with Gasteiger partial charge in [-0.05, 0) is 30.3 Å². The molecule has 134 valence electrons. The molecule has 0 aliphatic carbocycles. The summed E-state index contributed by atoms with van der Waals surface area (Å²) in [7, 11) is -3.05. The predicted octanol–water partition coefficient (Wildman–Crippen LogP) is 4.65. The molecular formula is C17H13Cl2N3O3S. The van der Waals surface area contributed by atoms with Crippen molar-refractivity contribution in [3.8, 4) is 11.4 Å². The maximum absolute atomic E-state index is 12.9. The summed E-state index contributed by atoms with van der Waals surface area (Å²) >= 11 is 12.0. The van der Waals surface area contributed by atoms with Gasteiger partial charge in [-0.2, -0.15) is 9.35 Å². The lowest BCUT2D eigenvalue weighted by Gasteiger charge is -2.07. The summed E-state index contributed by atoms with van der Waals surface area (Å²) in [5, 5.41) is 4.41. The average molecular weight is 410 g/mol. The number of aromatic nitrogens is 2. The molecule has 0 N–H and O–H groups in total. The smallest absolute Gasteiger partial charge is 0.285 e. The Labute approximate surface area is 160 Å². The van der Waals surface area contributed by atoms with Gasteiger partial charge in [0.1, 0.15) is 0 Å². The Morgan fingerprint density at radius 1 is 1.15 bits per heavy atom. The van der Waals surface area contributed by atoms with Crippen LogP contribution in [0.3, 0.4) is 0 Å². The van der Waals surface area contributed by atoms with E-state index in [4.69, 9.17) is 27.7 Å². The molecule has 1 unspecified atom stereocenters. The van der Waals surface area contributed by atoms with Crippen LogP contribution in [0, 0.1) is 6.92 Å². The highest BCUT2D eigenvalue weighted by molar-refractivity contribution is 7.93. The second-order valence-electron chi connectivity index (χ2n) is 5.49. The van der Waals surface area contributed by atoms with Gasteiger partial charge in [-0.3, -0.25) is 4.79 Å². The molecular weight excluding hydrogens is 397 g/mol. The van der Waals surface area contributed by atoms with Gasteiger partial charge in [-0.1, -0.05) is 40.5 Å². The molecule has 0 saturated heterocycles. The van der Waals surface area contributed by atoms with Crippen LogP contribution in [-0.2, 0) is 9.73 Å². The van der Waals surface area contributed by atoms with Crippen molar-refractivity contribution in [2.45, 2.75) is 11.8 Å². The molecule has 2 aromatic carbocycles. The monoisotopic (exact) mass is 409 g/mol. The van der Waals surface area contributed by atoms with Crippen LogP contribution < -0.4 is 0 Å². The summed E-state index contributed by atoms with van der Waals surface area (Å²) in [6, 6.07) is 11.0. The third-order valence-electron chi connectivity index (χ3n) is 3.48. The largest absolute Gasteiger partial charge is 0.339 e. The van der Waals surface area contributed by atoms with Crippen molar-refractivity contribution >= 4 is 38.8 Å². The lowest BCUT2D eigenvalue weighted by molar-refractivity contribution is 0.100. The van der Waals surface area contributed by atoms with E-state index in [0.29, 0.717) is 22.3 Å². The van der Waals surface area contributed by atoms with E-state index in [2.05, 4.69) is 14.5 Å². The quantitative estimate of drug-likeness (QED) is 0.628. The number of aryl methyl sites for hydroxylation is 1. The van der Waals surface area contributed by atoms with Crippen LogP contribution in [0.1, 0.15) is 16.2 Å². The van der Waals surface area contributed by atoms with Gasteiger partial charge in [0.05, 0.1) is 19.6 Å². The van der Waals surface area contributed by atoms with E-state index >= 15 is 0 Å². The van der Waals surface area contributed by atoms with E-state index in [1.54, 1.807) is 37.3 Å². The molecule has 1 atom stereocenters. The Kier molecular flexibility index (Phi) is 5.13. The first kappa shape index (κ1) is 18.6. The van der Waals surface area contributed by atoms with Gasteiger partial charge < -0.3 is 4.52 Å².